The van der Waals surface area contributed by atoms with Gasteiger partial charge in [-0.05, 0) is 23.3 Å². The maximum absolute atomic E-state index is 11.9. The lowest BCUT2D eigenvalue weighted by Crippen LogP contribution is -2.22. The standard InChI is InChI=1S/C10H13O5PS/c1-13-16(11)14-7-9(15-16)8-17(12)10-5-3-2-4-6-10/h2-6,9H,7-8H2,1H3. The number of benzene rings is 1. The molecule has 94 valence electrons. The topological polar surface area (TPSA) is 67.8 Å². The monoisotopic (exact) mass is 276 g/mol. The van der Waals surface area contributed by atoms with Crippen molar-refractivity contribution in [3.63, 3.8) is 0 Å². The van der Waals surface area contributed by atoms with Crippen molar-refractivity contribution in [1.29, 1.82) is 0 Å². The molecule has 5 nitrogen and oxygen atoms in total. The molecule has 17 heavy (non-hydrogen) atoms. The number of hydrogen-bond donors (Lipinski definition) is 0. The lowest BCUT2D eigenvalue weighted by Gasteiger charge is -2.13. The normalized spacial score (nSPS) is 30.4. The average Bonchev–Trinajstić information content (AvgIpc) is 2.73. The van der Waals surface area contributed by atoms with Gasteiger partial charge < -0.3 is 4.55 Å². The fourth-order valence-corrected chi connectivity index (χ4v) is 3.79. The van der Waals surface area contributed by atoms with Gasteiger partial charge in [-0.25, -0.2) is 4.57 Å². The molecule has 3 unspecified atom stereocenters. The van der Waals surface area contributed by atoms with Gasteiger partial charge in [0.15, 0.2) is 4.90 Å². The molecule has 1 aromatic carbocycles. The Balaban J connectivity index is 1.93. The van der Waals surface area contributed by atoms with E-state index in [0.717, 1.165) is 4.90 Å². The number of hydrogen-bond acceptors (Lipinski definition) is 5. The summed E-state index contributed by atoms with van der Waals surface area (Å²) in [5.41, 5.74) is 0. The van der Waals surface area contributed by atoms with Gasteiger partial charge in [-0.1, -0.05) is 18.2 Å². The number of rotatable bonds is 4. The van der Waals surface area contributed by atoms with Crippen LogP contribution in [0.1, 0.15) is 0 Å². The van der Waals surface area contributed by atoms with Crippen molar-refractivity contribution < 1.29 is 22.7 Å². The fraction of sp³-hybridized carbons (Fsp3) is 0.400. The van der Waals surface area contributed by atoms with E-state index in [0.29, 0.717) is 0 Å². The van der Waals surface area contributed by atoms with Crippen LogP contribution in [0, 0.1) is 0 Å². The van der Waals surface area contributed by atoms with Gasteiger partial charge in [0.05, 0.1) is 6.61 Å². The second-order valence-electron chi connectivity index (χ2n) is 3.48. The number of phosphoric acid groups is 1. The fourth-order valence-electron chi connectivity index (χ4n) is 1.43. The van der Waals surface area contributed by atoms with E-state index in [1.165, 1.54) is 7.11 Å². The maximum atomic E-state index is 11.9. The van der Waals surface area contributed by atoms with Crippen molar-refractivity contribution >= 4 is 19.0 Å². The van der Waals surface area contributed by atoms with E-state index in [-0.39, 0.29) is 12.4 Å². The van der Waals surface area contributed by atoms with Crippen LogP contribution in [0.4, 0.5) is 0 Å². The molecule has 0 N–H and O–H groups in total. The first-order valence-electron chi connectivity index (χ1n) is 5.05. The summed E-state index contributed by atoms with van der Waals surface area (Å²) in [6.45, 7) is 0.143. The summed E-state index contributed by atoms with van der Waals surface area (Å²) in [7, 11) is -2.13. The summed E-state index contributed by atoms with van der Waals surface area (Å²) in [5.74, 6) is 0.247. The molecule has 0 bridgehead atoms. The number of phosphoric ester groups is 1. The van der Waals surface area contributed by atoms with Gasteiger partial charge in [-0.15, -0.1) is 0 Å². The van der Waals surface area contributed by atoms with Gasteiger partial charge in [-0.3, -0.25) is 13.6 Å². The molecule has 1 aromatic rings. The smallest absolute Gasteiger partial charge is 0.475 e. The summed E-state index contributed by atoms with van der Waals surface area (Å²) in [5, 5.41) is 0. The summed E-state index contributed by atoms with van der Waals surface area (Å²) in [6, 6.07) is 9.05. The van der Waals surface area contributed by atoms with E-state index >= 15 is 0 Å². The van der Waals surface area contributed by atoms with Gasteiger partial charge in [0.2, 0.25) is 0 Å². The molecule has 2 rings (SSSR count). The highest BCUT2D eigenvalue weighted by Crippen LogP contribution is 2.54. The molecule has 1 heterocycles. The molecule has 3 atom stereocenters. The van der Waals surface area contributed by atoms with Crippen molar-refractivity contribution in [2.24, 2.45) is 0 Å². The average molecular weight is 276 g/mol. The first-order chi connectivity index (χ1) is 8.13. The first-order valence-corrected chi connectivity index (χ1v) is 7.83. The SMILES string of the molecule is COP1(=O)OCC(C[S+]([O-])c2ccccc2)O1. The predicted molar refractivity (Wildman–Crippen MR) is 63.2 cm³/mol. The second kappa shape index (κ2) is 5.52. The van der Waals surface area contributed by atoms with Gasteiger partial charge in [0.25, 0.3) is 0 Å². The summed E-state index contributed by atoms with van der Waals surface area (Å²) < 4.78 is 38.1. The Morgan fingerprint density at radius 1 is 1.53 bits per heavy atom. The Kier molecular flexibility index (Phi) is 4.25. The Morgan fingerprint density at radius 3 is 2.82 bits per heavy atom. The Labute approximate surface area is 103 Å². The van der Waals surface area contributed by atoms with E-state index in [2.05, 4.69) is 4.52 Å². The lowest BCUT2D eigenvalue weighted by atomic mass is 10.4. The van der Waals surface area contributed by atoms with Crippen molar-refractivity contribution in [2.45, 2.75) is 11.0 Å². The minimum Gasteiger partial charge on any atom is -0.611 e. The molecule has 1 aliphatic rings. The molecule has 1 saturated heterocycles. The minimum atomic E-state index is -3.39. The zero-order chi connectivity index (χ0) is 12.3. The minimum absolute atomic E-state index is 0.143. The van der Waals surface area contributed by atoms with Crippen LogP contribution in [0.25, 0.3) is 0 Å². The van der Waals surface area contributed by atoms with Crippen molar-refractivity contribution in [1.82, 2.24) is 0 Å². The summed E-state index contributed by atoms with van der Waals surface area (Å²) >= 11 is -1.19. The zero-order valence-corrected chi connectivity index (χ0v) is 11.0. The van der Waals surface area contributed by atoms with E-state index < -0.39 is 25.1 Å². The Bertz CT molecular complexity index is 412. The largest absolute Gasteiger partial charge is 0.611 e. The molecule has 0 aromatic heterocycles. The highest BCUT2D eigenvalue weighted by atomic mass is 32.2. The molecule has 1 aliphatic heterocycles. The third-order valence-electron chi connectivity index (χ3n) is 2.26. The van der Waals surface area contributed by atoms with Gasteiger partial charge in [0, 0.05) is 7.11 Å². The Hall–Kier alpha value is -0.360. The third kappa shape index (κ3) is 3.31. The van der Waals surface area contributed by atoms with Crippen LogP contribution in [0.15, 0.2) is 35.2 Å². The van der Waals surface area contributed by atoms with Crippen LogP contribution in [-0.4, -0.2) is 30.1 Å². The van der Waals surface area contributed by atoms with Crippen molar-refractivity contribution in [3.8, 4) is 0 Å². The zero-order valence-electron chi connectivity index (χ0n) is 9.28. The third-order valence-corrected chi connectivity index (χ3v) is 5.21. The van der Waals surface area contributed by atoms with E-state index in [1.807, 2.05) is 18.2 Å². The first kappa shape index (κ1) is 13.1. The van der Waals surface area contributed by atoms with Crippen molar-refractivity contribution in [3.05, 3.63) is 30.3 Å². The van der Waals surface area contributed by atoms with Crippen LogP contribution in [0.2, 0.25) is 0 Å². The molecule has 7 heteroatoms. The van der Waals surface area contributed by atoms with Crippen LogP contribution in [-0.2, 0) is 29.3 Å². The molecule has 0 saturated carbocycles. The quantitative estimate of drug-likeness (QED) is 0.621. The molecular weight excluding hydrogens is 263 g/mol. The predicted octanol–water partition coefficient (Wildman–Crippen LogP) is 1.96. The Morgan fingerprint density at radius 2 is 2.24 bits per heavy atom. The molecule has 0 aliphatic carbocycles. The summed E-state index contributed by atoms with van der Waals surface area (Å²) in [6.07, 6.45) is -0.457. The molecule has 0 amide bonds. The van der Waals surface area contributed by atoms with Crippen molar-refractivity contribution in [2.75, 3.05) is 19.5 Å². The van der Waals surface area contributed by atoms with Crippen LogP contribution in [0.5, 0.6) is 0 Å². The van der Waals surface area contributed by atoms with Crippen LogP contribution < -0.4 is 0 Å². The molecular formula is C10H13O5PS. The van der Waals surface area contributed by atoms with Crippen LogP contribution >= 0.6 is 7.82 Å². The van der Waals surface area contributed by atoms with Gasteiger partial charge in [-0.2, -0.15) is 0 Å². The molecule has 1 fully saturated rings. The molecule has 0 radical (unpaired) electrons. The highest BCUT2D eigenvalue weighted by Gasteiger charge is 2.40. The van der Waals surface area contributed by atoms with E-state index in [9.17, 15) is 9.12 Å². The van der Waals surface area contributed by atoms with Gasteiger partial charge in [0.1, 0.15) is 11.9 Å². The lowest BCUT2D eigenvalue weighted by molar-refractivity contribution is 0.207. The highest BCUT2D eigenvalue weighted by molar-refractivity contribution is 7.91. The van der Waals surface area contributed by atoms with E-state index in [4.69, 9.17) is 9.05 Å². The second-order valence-corrected chi connectivity index (χ2v) is 6.70. The molecule has 0 spiro atoms. The van der Waals surface area contributed by atoms with Crippen LogP contribution in [0.3, 0.4) is 0 Å². The van der Waals surface area contributed by atoms with Gasteiger partial charge >= 0.3 is 7.82 Å². The maximum Gasteiger partial charge on any atom is 0.475 e. The van der Waals surface area contributed by atoms with E-state index in [1.54, 1.807) is 12.1 Å². The summed E-state index contributed by atoms with van der Waals surface area (Å²) in [4.78, 5) is 0.718.